The Labute approximate surface area is 69.6 Å². The molecule has 0 spiro atoms. The lowest BCUT2D eigenvalue weighted by molar-refractivity contribution is 0.147. The maximum absolute atomic E-state index is 11.0. The van der Waals surface area contributed by atoms with Gasteiger partial charge >= 0.3 is 6.09 Å². The Morgan fingerprint density at radius 3 is 2.92 bits per heavy atom. The summed E-state index contributed by atoms with van der Waals surface area (Å²) in [5.74, 6) is -0.203. The zero-order chi connectivity index (χ0) is 9.14. The van der Waals surface area contributed by atoms with Crippen molar-refractivity contribution in [1.29, 1.82) is 0 Å². The Kier molecular flexibility index (Phi) is 2.32. The van der Waals surface area contributed by atoms with Crippen LogP contribution in [0.5, 0.6) is 5.88 Å². The van der Waals surface area contributed by atoms with E-state index in [1.54, 1.807) is 13.8 Å². The smallest absolute Gasteiger partial charge is 0.437 e. The molecular formula is C7H10N2O3. The third-order valence-corrected chi connectivity index (χ3v) is 1.25. The molecule has 0 bridgehead atoms. The van der Waals surface area contributed by atoms with Crippen LogP contribution in [0.2, 0.25) is 0 Å². The summed E-state index contributed by atoms with van der Waals surface area (Å²) in [6.07, 6.45) is -0.664. The minimum absolute atomic E-state index is 0.203. The molecule has 66 valence electrons. The van der Waals surface area contributed by atoms with Crippen molar-refractivity contribution >= 4 is 6.09 Å². The zero-order valence-electron chi connectivity index (χ0n) is 6.94. The normalized spacial score (nSPS) is 9.83. The second-order valence-corrected chi connectivity index (χ2v) is 2.25. The molecular weight excluding hydrogens is 160 g/mol. The lowest BCUT2D eigenvalue weighted by atomic mass is 10.5. The van der Waals surface area contributed by atoms with Crippen molar-refractivity contribution in [2.75, 3.05) is 6.61 Å². The Morgan fingerprint density at radius 1 is 1.83 bits per heavy atom. The standard InChI is InChI=1S/C7H10N2O3/c1-3-12-7(11)9-6(10)4-5(2)8-9/h4,10H,3H2,1-2H3. The van der Waals surface area contributed by atoms with E-state index in [2.05, 4.69) is 9.84 Å². The molecule has 1 N–H and O–H groups in total. The molecule has 0 radical (unpaired) electrons. The number of carbonyl (C=O) groups is 1. The molecule has 0 saturated heterocycles. The fourth-order valence-electron chi connectivity index (χ4n) is 0.805. The van der Waals surface area contributed by atoms with Crippen molar-refractivity contribution in [2.24, 2.45) is 0 Å². The molecule has 0 aliphatic rings. The largest absolute Gasteiger partial charge is 0.493 e. The SMILES string of the molecule is CCOC(=O)n1nc(C)cc1O. The maximum atomic E-state index is 11.0. The van der Waals surface area contributed by atoms with Crippen molar-refractivity contribution in [2.45, 2.75) is 13.8 Å². The summed E-state index contributed by atoms with van der Waals surface area (Å²) in [7, 11) is 0. The first-order valence-corrected chi connectivity index (χ1v) is 3.58. The second kappa shape index (κ2) is 3.25. The van der Waals surface area contributed by atoms with Crippen molar-refractivity contribution in [1.82, 2.24) is 9.78 Å². The summed E-state index contributed by atoms with van der Waals surface area (Å²) in [5.41, 5.74) is 0.570. The van der Waals surface area contributed by atoms with Crippen LogP contribution in [-0.4, -0.2) is 27.6 Å². The molecule has 5 nitrogen and oxygen atoms in total. The Bertz CT molecular complexity index is 293. The van der Waals surface area contributed by atoms with Crippen LogP contribution in [0.3, 0.4) is 0 Å². The van der Waals surface area contributed by atoms with Gasteiger partial charge in [-0.2, -0.15) is 5.10 Å². The van der Waals surface area contributed by atoms with Gasteiger partial charge in [-0.3, -0.25) is 0 Å². The van der Waals surface area contributed by atoms with Gasteiger partial charge in [0.1, 0.15) is 0 Å². The third-order valence-electron chi connectivity index (χ3n) is 1.25. The van der Waals surface area contributed by atoms with Crippen molar-refractivity contribution in [3.63, 3.8) is 0 Å². The zero-order valence-corrected chi connectivity index (χ0v) is 6.94. The molecule has 0 unspecified atom stereocenters. The number of aromatic nitrogens is 2. The topological polar surface area (TPSA) is 64.4 Å². The summed E-state index contributed by atoms with van der Waals surface area (Å²) < 4.78 is 5.44. The Balaban J connectivity index is 2.87. The van der Waals surface area contributed by atoms with Crippen LogP contribution in [0, 0.1) is 6.92 Å². The summed E-state index contributed by atoms with van der Waals surface area (Å²) in [5, 5.41) is 12.8. The predicted molar refractivity (Wildman–Crippen MR) is 41.0 cm³/mol. The molecule has 1 aromatic heterocycles. The van der Waals surface area contributed by atoms with Gasteiger partial charge in [0.15, 0.2) is 0 Å². The molecule has 1 rings (SSSR count). The fraction of sp³-hybridized carbons (Fsp3) is 0.429. The quantitative estimate of drug-likeness (QED) is 0.680. The predicted octanol–water partition coefficient (Wildman–Crippen LogP) is 0.902. The molecule has 0 fully saturated rings. The van der Waals surface area contributed by atoms with Crippen LogP contribution in [0.25, 0.3) is 0 Å². The van der Waals surface area contributed by atoms with Gasteiger partial charge in [-0.1, -0.05) is 0 Å². The van der Waals surface area contributed by atoms with E-state index >= 15 is 0 Å². The van der Waals surface area contributed by atoms with E-state index in [-0.39, 0.29) is 12.5 Å². The molecule has 1 heterocycles. The van der Waals surface area contributed by atoms with E-state index in [9.17, 15) is 4.79 Å². The lowest BCUT2D eigenvalue weighted by Gasteiger charge is -2.00. The van der Waals surface area contributed by atoms with E-state index in [1.807, 2.05) is 0 Å². The van der Waals surface area contributed by atoms with Crippen molar-refractivity contribution in [3.05, 3.63) is 11.8 Å². The van der Waals surface area contributed by atoms with E-state index in [4.69, 9.17) is 5.11 Å². The average Bonchev–Trinajstić information content (AvgIpc) is 2.30. The monoisotopic (exact) mass is 170 g/mol. The van der Waals surface area contributed by atoms with Crippen LogP contribution < -0.4 is 0 Å². The highest BCUT2D eigenvalue weighted by molar-refractivity contribution is 5.71. The number of aromatic hydroxyl groups is 1. The van der Waals surface area contributed by atoms with Gasteiger partial charge in [0.2, 0.25) is 5.88 Å². The van der Waals surface area contributed by atoms with Gasteiger partial charge in [-0.15, -0.1) is 4.68 Å². The first-order valence-electron chi connectivity index (χ1n) is 3.58. The summed E-state index contributed by atoms with van der Waals surface area (Å²) in [6.45, 7) is 3.62. The first kappa shape index (κ1) is 8.58. The van der Waals surface area contributed by atoms with Gasteiger partial charge in [0.25, 0.3) is 0 Å². The van der Waals surface area contributed by atoms with Crippen LogP contribution >= 0.6 is 0 Å². The van der Waals surface area contributed by atoms with Gasteiger partial charge in [-0.05, 0) is 13.8 Å². The molecule has 0 aliphatic carbocycles. The number of nitrogens with zero attached hydrogens (tertiary/aromatic N) is 2. The van der Waals surface area contributed by atoms with E-state index in [1.165, 1.54) is 6.07 Å². The molecule has 0 aliphatic heterocycles. The number of hydrogen-bond acceptors (Lipinski definition) is 4. The molecule has 1 aromatic rings. The van der Waals surface area contributed by atoms with E-state index in [0.29, 0.717) is 5.69 Å². The first-order chi connectivity index (χ1) is 5.65. The molecule has 5 heteroatoms. The van der Waals surface area contributed by atoms with Gasteiger partial charge < -0.3 is 9.84 Å². The van der Waals surface area contributed by atoms with Gasteiger partial charge in [0.05, 0.1) is 12.3 Å². The Hall–Kier alpha value is -1.52. The van der Waals surface area contributed by atoms with Crippen LogP contribution in [0.15, 0.2) is 6.07 Å². The highest BCUT2D eigenvalue weighted by Gasteiger charge is 2.11. The molecule has 0 amide bonds. The fourth-order valence-corrected chi connectivity index (χ4v) is 0.805. The number of rotatable bonds is 1. The Morgan fingerprint density at radius 2 is 2.50 bits per heavy atom. The van der Waals surface area contributed by atoms with Gasteiger partial charge in [0, 0.05) is 6.07 Å². The van der Waals surface area contributed by atoms with Crippen molar-refractivity contribution < 1.29 is 14.6 Å². The number of carbonyl (C=O) groups excluding carboxylic acids is 1. The molecule has 0 atom stereocenters. The van der Waals surface area contributed by atoms with Crippen LogP contribution in [-0.2, 0) is 4.74 Å². The summed E-state index contributed by atoms with van der Waals surface area (Å²) in [4.78, 5) is 11.0. The number of ether oxygens (including phenoxy) is 1. The molecule has 0 aromatic carbocycles. The van der Waals surface area contributed by atoms with E-state index < -0.39 is 6.09 Å². The minimum Gasteiger partial charge on any atom is -0.493 e. The second-order valence-electron chi connectivity index (χ2n) is 2.25. The summed E-state index contributed by atoms with van der Waals surface area (Å²) >= 11 is 0. The summed E-state index contributed by atoms with van der Waals surface area (Å²) in [6, 6.07) is 1.39. The molecule has 12 heavy (non-hydrogen) atoms. The van der Waals surface area contributed by atoms with Crippen LogP contribution in [0.4, 0.5) is 4.79 Å². The van der Waals surface area contributed by atoms with Gasteiger partial charge in [-0.25, -0.2) is 4.79 Å². The maximum Gasteiger partial charge on any atom is 0.437 e. The van der Waals surface area contributed by atoms with Crippen molar-refractivity contribution in [3.8, 4) is 5.88 Å². The lowest BCUT2D eigenvalue weighted by Crippen LogP contribution is -2.14. The molecule has 0 saturated carbocycles. The third kappa shape index (κ3) is 1.55. The highest BCUT2D eigenvalue weighted by atomic mass is 16.6. The number of hydrogen-bond donors (Lipinski definition) is 1. The highest BCUT2D eigenvalue weighted by Crippen LogP contribution is 2.10. The van der Waals surface area contributed by atoms with Crippen LogP contribution in [0.1, 0.15) is 12.6 Å². The minimum atomic E-state index is -0.664. The average molecular weight is 170 g/mol. The van der Waals surface area contributed by atoms with E-state index in [0.717, 1.165) is 4.68 Å². The number of aryl methyl sites for hydroxylation is 1.